The van der Waals surface area contributed by atoms with Crippen LogP contribution in [0.25, 0.3) is 0 Å². The molecule has 0 radical (unpaired) electrons. The minimum atomic E-state index is 0.756. The van der Waals surface area contributed by atoms with Gasteiger partial charge in [-0.2, -0.15) is 5.10 Å². The van der Waals surface area contributed by atoms with Crippen molar-refractivity contribution in [2.24, 2.45) is 10.9 Å². The maximum atomic E-state index is 5.72. The fraction of sp³-hybridized carbons (Fsp3) is 0.125. The maximum absolute atomic E-state index is 5.72. The highest BCUT2D eigenvalue weighted by Crippen LogP contribution is 2.19. The second kappa shape index (κ2) is 5.06. The average molecular weight is 201 g/mol. The van der Waals surface area contributed by atoms with Gasteiger partial charge in [-0.05, 0) is 24.3 Å². The molecule has 0 amide bonds. The summed E-state index contributed by atoms with van der Waals surface area (Å²) in [5.74, 6) is 5.74. The lowest BCUT2D eigenvalue weighted by atomic mass is 10.4. The molecule has 4 heteroatoms. The summed E-state index contributed by atoms with van der Waals surface area (Å²) in [6, 6.07) is 7.67. The first-order chi connectivity index (χ1) is 5.83. The van der Waals surface area contributed by atoms with Crippen LogP contribution in [0.3, 0.4) is 0 Å². The van der Waals surface area contributed by atoms with Gasteiger partial charge in [-0.1, -0.05) is 11.6 Å². The molecule has 0 spiro atoms. The lowest BCUT2D eigenvalue weighted by Gasteiger charge is -1.96. The molecule has 0 bridgehead atoms. The number of hydrogen-bond acceptors (Lipinski definition) is 3. The van der Waals surface area contributed by atoms with Crippen molar-refractivity contribution in [1.29, 1.82) is 0 Å². The molecule has 0 unspecified atom stereocenters. The topological polar surface area (TPSA) is 38.4 Å². The standard InChI is InChI=1S/C8H9ClN2S/c9-7-1-3-8(4-2-7)12-6-5-11-10/h1-5H,6,10H2/b11-5+. The molecule has 0 heterocycles. The monoisotopic (exact) mass is 200 g/mol. The minimum Gasteiger partial charge on any atom is -0.324 e. The third-order valence-electron chi connectivity index (χ3n) is 1.24. The van der Waals surface area contributed by atoms with Gasteiger partial charge in [-0.25, -0.2) is 0 Å². The van der Waals surface area contributed by atoms with Crippen LogP contribution in [0.4, 0.5) is 0 Å². The number of rotatable bonds is 3. The Labute approximate surface area is 80.8 Å². The molecule has 2 N–H and O–H groups in total. The van der Waals surface area contributed by atoms with Crippen molar-refractivity contribution >= 4 is 29.6 Å². The summed E-state index contributed by atoms with van der Waals surface area (Å²) in [5.41, 5.74) is 0. The van der Waals surface area contributed by atoms with E-state index in [1.807, 2.05) is 24.3 Å². The highest BCUT2D eigenvalue weighted by atomic mass is 35.5. The van der Waals surface area contributed by atoms with E-state index in [0.717, 1.165) is 10.8 Å². The predicted molar refractivity (Wildman–Crippen MR) is 54.9 cm³/mol. The van der Waals surface area contributed by atoms with Crippen molar-refractivity contribution in [3.05, 3.63) is 29.3 Å². The summed E-state index contributed by atoms with van der Waals surface area (Å²) in [6.45, 7) is 0. The Kier molecular flexibility index (Phi) is 3.97. The van der Waals surface area contributed by atoms with Gasteiger partial charge in [0.05, 0.1) is 0 Å². The van der Waals surface area contributed by atoms with Crippen LogP contribution in [0.1, 0.15) is 0 Å². The number of halogens is 1. The average Bonchev–Trinajstić information content (AvgIpc) is 2.09. The number of hydrogen-bond donors (Lipinski definition) is 1. The van der Waals surface area contributed by atoms with Gasteiger partial charge < -0.3 is 5.84 Å². The molecule has 0 aliphatic heterocycles. The van der Waals surface area contributed by atoms with Crippen molar-refractivity contribution in [1.82, 2.24) is 0 Å². The molecule has 1 aromatic carbocycles. The van der Waals surface area contributed by atoms with Crippen LogP contribution >= 0.6 is 23.4 Å². The lowest BCUT2D eigenvalue weighted by Crippen LogP contribution is -1.85. The van der Waals surface area contributed by atoms with E-state index in [1.54, 1.807) is 18.0 Å². The summed E-state index contributed by atoms with van der Waals surface area (Å²) < 4.78 is 0. The zero-order chi connectivity index (χ0) is 8.81. The van der Waals surface area contributed by atoms with Crippen LogP contribution in [0, 0.1) is 0 Å². The normalized spacial score (nSPS) is 10.8. The van der Waals surface area contributed by atoms with Gasteiger partial charge in [0.15, 0.2) is 0 Å². The van der Waals surface area contributed by atoms with Gasteiger partial charge in [0, 0.05) is 21.9 Å². The largest absolute Gasteiger partial charge is 0.324 e. The summed E-state index contributed by atoms with van der Waals surface area (Å²) >= 11 is 7.38. The van der Waals surface area contributed by atoms with Gasteiger partial charge in [0.2, 0.25) is 0 Å². The Morgan fingerprint density at radius 1 is 1.42 bits per heavy atom. The molecule has 0 aliphatic carbocycles. The van der Waals surface area contributed by atoms with Gasteiger partial charge in [0.1, 0.15) is 0 Å². The van der Waals surface area contributed by atoms with Gasteiger partial charge >= 0.3 is 0 Å². The molecule has 2 nitrogen and oxygen atoms in total. The first-order valence-electron chi connectivity index (χ1n) is 3.43. The van der Waals surface area contributed by atoms with Crippen molar-refractivity contribution in [2.75, 3.05) is 5.75 Å². The SMILES string of the molecule is N/N=C/CSc1ccc(Cl)cc1. The highest BCUT2D eigenvalue weighted by Gasteiger charge is 1.91. The first kappa shape index (κ1) is 9.42. The van der Waals surface area contributed by atoms with E-state index in [0.29, 0.717) is 0 Å². The Morgan fingerprint density at radius 3 is 2.67 bits per heavy atom. The van der Waals surface area contributed by atoms with Crippen LogP contribution in [0.2, 0.25) is 5.02 Å². The minimum absolute atomic E-state index is 0.756. The zero-order valence-corrected chi connectivity index (χ0v) is 7.98. The molecule has 0 fully saturated rings. The summed E-state index contributed by atoms with van der Waals surface area (Å²) in [5, 5.41) is 4.15. The van der Waals surface area contributed by atoms with E-state index in [4.69, 9.17) is 17.4 Å². The molecular formula is C8H9ClN2S. The van der Waals surface area contributed by atoms with Crippen LogP contribution < -0.4 is 5.84 Å². The van der Waals surface area contributed by atoms with Gasteiger partial charge in [0.25, 0.3) is 0 Å². The molecular weight excluding hydrogens is 192 g/mol. The number of benzene rings is 1. The third kappa shape index (κ3) is 3.15. The molecule has 0 atom stereocenters. The van der Waals surface area contributed by atoms with E-state index in [1.165, 1.54) is 4.90 Å². The molecule has 64 valence electrons. The second-order valence-electron chi connectivity index (χ2n) is 2.10. The van der Waals surface area contributed by atoms with Crippen molar-refractivity contribution in [3.63, 3.8) is 0 Å². The number of thioether (sulfide) groups is 1. The van der Waals surface area contributed by atoms with Crippen molar-refractivity contribution in [2.45, 2.75) is 4.90 Å². The molecule has 0 aromatic heterocycles. The number of nitrogens with zero attached hydrogens (tertiary/aromatic N) is 1. The van der Waals surface area contributed by atoms with Crippen LogP contribution in [-0.4, -0.2) is 12.0 Å². The fourth-order valence-electron chi connectivity index (χ4n) is 0.707. The summed E-state index contributed by atoms with van der Waals surface area (Å²) in [7, 11) is 0. The molecule has 12 heavy (non-hydrogen) atoms. The number of hydrazone groups is 1. The number of nitrogens with two attached hydrogens (primary N) is 1. The highest BCUT2D eigenvalue weighted by molar-refractivity contribution is 7.99. The van der Waals surface area contributed by atoms with Gasteiger partial charge in [-0.3, -0.25) is 0 Å². The van der Waals surface area contributed by atoms with E-state index < -0.39 is 0 Å². The summed E-state index contributed by atoms with van der Waals surface area (Å²) in [4.78, 5) is 1.17. The van der Waals surface area contributed by atoms with Crippen LogP contribution in [-0.2, 0) is 0 Å². The fourth-order valence-corrected chi connectivity index (χ4v) is 1.51. The maximum Gasteiger partial charge on any atom is 0.0406 e. The van der Waals surface area contributed by atoms with E-state index >= 15 is 0 Å². The van der Waals surface area contributed by atoms with Crippen molar-refractivity contribution in [3.8, 4) is 0 Å². The van der Waals surface area contributed by atoms with Gasteiger partial charge in [-0.15, -0.1) is 11.8 Å². The third-order valence-corrected chi connectivity index (χ3v) is 2.42. The first-order valence-corrected chi connectivity index (χ1v) is 4.79. The lowest BCUT2D eigenvalue weighted by molar-refractivity contribution is 1.26. The predicted octanol–water partition coefficient (Wildman–Crippen LogP) is 2.38. The van der Waals surface area contributed by atoms with E-state index in [9.17, 15) is 0 Å². The Balaban J connectivity index is 2.47. The molecule has 1 aromatic rings. The van der Waals surface area contributed by atoms with Crippen molar-refractivity contribution < 1.29 is 0 Å². The van der Waals surface area contributed by atoms with E-state index in [-0.39, 0.29) is 0 Å². The van der Waals surface area contributed by atoms with Crippen LogP contribution in [0.15, 0.2) is 34.3 Å². The van der Waals surface area contributed by atoms with Crippen LogP contribution in [0.5, 0.6) is 0 Å². The summed E-state index contributed by atoms with van der Waals surface area (Å²) in [6.07, 6.45) is 1.67. The smallest absolute Gasteiger partial charge is 0.0406 e. The molecule has 0 saturated carbocycles. The Hall–Kier alpha value is -0.670. The second-order valence-corrected chi connectivity index (χ2v) is 3.63. The zero-order valence-electron chi connectivity index (χ0n) is 6.40. The Bertz CT molecular complexity index is 258. The Morgan fingerprint density at radius 2 is 2.08 bits per heavy atom. The molecule has 1 rings (SSSR count). The quantitative estimate of drug-likeness (QED) is 0.352. The molecule has 0 aliphatic rings. The molecule has 0 saturated heterocycles. The van der Waals surface area contributed by atoms with E-state index in [2.05, 4.69) is 5.10 Å².